The smallest absolute Gasteiger partial charge is 0.314 e. The molecule has 2 atom stereocenters. The Labute approximate surface area is 90.9 Å². The van der Waals surface area contributed by atoms with E-state index < -0.39 is 11.4 Å². The van der Waals surface area contributed by atoms with Gasteiger partial charge in [-0.2, -0.15) is 0 Å². The van der Waals surface area contributed by atoms with Crippen molar-refractivity contribution in [3.8, 4) is 0 Å². The van der Waals surface area contributed by atoms with Gasteiger partial charge in [0.2, 0.25) is 0 Å². The summed E-state index contributed by atoms with van der Waals surface area (Å²) in [6.07, 6.45) is 0.859. The van der Waals surface area contributed by atoms with Crippen LogP contribution in [0.2, 0.25) is 0 Å². The molecule has 1 aromatic rings. The molecule has 0 aromatic heterocycles. The average Bonchev–Trinajstić information content (AvgIpc) is 2.27. The van der Waals surface area contributed by atoms with Gasteiger partial charge in [-0.3, -0.25) is 4.79 Å². The Morgan fingerprint density at radius 1 is 1.40 bits per heavy atom. The molecule has 1 rings (SSSR count). The van der Waals surface area contributed by atoms with E-state index in [0.717, 1.165) is 12.0 Å². The summed E-state index contributed by atoms with van der Waals surface area (Å²) >= 11 is 0. The van der Waals surface area contributed by atoms with Gasteiger partial charge in [0.05, 0.1) is 5.41 Å². The third kappa shape index (κ3) is 2.04. The zero-order valence-corrected chi connectivity index (χ0v) is 9.53. The van der Waals surface area contributed by atoms with E-state index in [4.69, 9.17) is 0 Å². The summed E-state index contributed by atoms with van der Waals surface area (Å²) in [7, 11) is 0. The van der Waals surface area contributed by atoms with E-state index in [9.17, 15) is 9.90 Å². The maximum Gasteiger partial charge on any atom is 0.314 e. The van der Waals surface area contributed by atoms with Crippen molar-refractivity contribution in [2.75, 3.05) is 0 Å². The van der Waals surface area contributed by atoms with Crippen LogP contribution in [0.5, 0.6) is 0 Å². The van der Waals surface area contributed by atoms with Crippen LogP contribution in [0.15, 0.2) is 30.3 Å². The van der Waals surface area contributed by atoms with E-state index in [-0.39, 0.29) is 5.92 Å². The van der Waals surface area contributed by atoms with E-state index in [1.165, 1.54) is 0 Å². The number of hydrogen-bond donors (Lipinski definition) is 1. The van der Waals surface area contributed by atoms with Gasteiger partial charge in [0.25, 0.3) is 0 Å². The Kier molecular flexibility index (Phi) is 3.51. The average molecular weight is 206 g/mol. The van der Waals surface area contributed by atoms with E-state index in [1.54, 1.807) is 6.92 Å². The summed E-state index contributed by atoms with van der Waals surface area (Å²) < 4.78 is 0. The number of carbonyl (C=O) groups is 1. The zero-order chi connectivity index (χ0) is 11.5. The van der Waals surface area contributed by atoms with Crippen LogP contribution < -0.4 is 0 Å². The lowest BCUT2D eigenvalue weighted by molar-refractivity contribution is -0.145. The van der Waals surface area contributed by atoms with Gasteiger partial charge in [-0.25, -0.2) is 0 Å². The highest BCUT2D eigenvalue weighted by molar-refractivity contribution is 5.81. The molecule has 2 nitrogen and oxygen atoms in total. The summed E-state index contributed by atoms with van der Waals surface area (Å²) in [5.41, 5.74) is 0.0996. The second kappa shape index (κ2) is 4.47. The molecule has 0 radical (unpaired) electrons. The molecular formula is C13H18O2. The number of benzene rings is 1. The summed E-state index contributed by atoms with van der Waals surface area (Å²) in [5, 5.41) is 9.39. The Morgan fingerprint density at radius 3 is 2.33 bits per heavy atom. The SMILES string of the molecule is CCC(C)C(C)(C(=O)O)c1ccccc1. The Hall–Kier alpha value is -1.31. The second-order valence-electron chi connectivity index (χ2n) is 4.18. The number of rotatable bonds is 4. The molecule has 2 heteroatoms. The molecule has 2 unspecified atom stereocenters. The lowest BCUT2D eigenvalue weighted by atomic mass is 9.71. The molecule has 1 N–H and O–H groups in total. The van der Waals surface area contributed by atoms with Crippen molar-refractivity contribution in [1.82, 2.24) is 0 Å². The molecule has 0 saturated carbocycles. The largest absolute Gasteiger partial charge is 0.481 e. The molecule has 0 heterocycles. The van der Waals surface area contributed by atoms with Crippen molar-refractivity contribution < 1.29 is 9.90 Å². The van der Waals surface area contributed by atoms with Gasteiger partial charge < -0.3 is 5.11 Å². The molecular weight excluding hydrogens is 188 g/mol. The number of aliphatic carboxylic acids is 1. The van der Waals surface area contributed by atoms with Gasteiger partial charge in [-0.1, -0.05) is 50.6 Å². The first-order valence-corrected chi connectivity index (χ1v) is 5.32. The van der Waals surface area contributed by atoms with Crippen molar-refractivity contribution in [2.45, 2.75) is 32.6 Å². The van der Waals surface area contributed by atoms with Crippen LogP contribution in [-0.2, 0) is 10.2 Å². The fraction of sp³-hybridized carbons (Fsp3) is 0.462. The molecule has 0 saturated heterocycles. The third-order valence-electron chi connectivity index (χ3n) is 3.42. The minimum atomic E-state index is -0.782. The van der Waals surface area contributed by atoms with Gasteiger partial charge >= 0.3 is 5.97 Å². The number of carboxylic acids is 1. The lowest BCUT2D eigenvalue weighted by Gasteiger charge is -2.31. The Morgan fingerprint density at radius 2 is 1.93 bits per heavy atom. The lowest BCUT2D eigenvalue weighted by Crippen LogP contribution is -2.38. The minimum absolute atomic E-state index is 0.123. The van der Waals surface area contributed by atoms with Crippen LogP contribution in [0.1, 0.15) is 32.8 Å². The summed E-state index contributed by atoms with van der Waals surface area (Å²) in [6.45, 7) is 5.81. The molecule has 0 spiro atoms. The van der Waals surface area contributed by atoms with Gasteiger partial charge in [0.15, 0.2) is 0 Å². The van der Waals surface area contributed by atoms with Crippen molar-refractivity contribution in [3.63, 3.8) is 0 Å². The fourth-order valence-corrected chi connectivity index (χ4v) is 1.81. The maximum atomic E-state index is 11.4. The van der Waals surface area contributed by atoms with Crippen LogP contribution in [0.3, 0.4) is 0 Å². The van der Waals surface area contributed by atoms with Crippen LogP contribution in [0, 0.1) is 5.92 Å². The molecule has 1 aromatic carbocycles. The fourth-order valence-electron chi connectivity index (χ4n) is 1.81. The van der Waals surface area contributed by atoms with Crippen LogP contribution in [0.25, 0.3) is 0 Å². The first kappa shape index (κ1) is 11.8. The van der Waals surface area contributed by atoms with E-state index in [1.807, 2.05) is 44.2 Å². The molecule has 0 aliphatic heterocycles. The molecule has 15 heavy (non-hydrogen) atoms. The van der Waals surface area contributed by atoms with Crippen molar-refractivity contribution in [3.05, 3.63) is 35.9 Å². The third-order valence-corrected chi connectivity index (χ3v) is 3.42. The van der Waals surface area contributed by atoms with Crippen LogP contribution in [0.4, 0.5) is 0 Å². The highest BCUT2D eigenvalue weighted by Crippen LogP contribution is 2.34. The maximum absolute atomic E-state index is 11.4. The van der Waals surface area contributed by atoms with E-state index >= 15 is 0 Å². The first-order chi connectivity index (χ1) is 7.03. The van der Waals surface area contributed by atoms with Crippen molar-refractivity contribution in [1.29, 1.82) is 0 Å². The van der Waals surface area contributed by atoms with Gasteiger partial charge in [0, 0.05) is 0 Å². The zero-order valence-electron chi connectivity index (χ0n) is 9.53. The molecule has 0 bridgehead atoms. The molecule has 0 fully saturated rings. The van der Waals surface area contributed by atoms with Crippen LogP contribution in [-0.4, -0.2) is 11.1 Å². The summed E-state index contributed by atoms with van der Waals surface area (Å²) in [5.74, 6) is -0.625. The number of hydrogen-bond acceptors (Lipinski definition) is 1. The first-order valence-electron chi connectivity index (χ1n) is 5.32. The van der Waals surface area contributed by atoms with Crippen molar-refractivity contribution >= 4 is 5.97 Å². The topological polar surface area (TPSA) is 37.3 Å². The van der Waals surface area contributed by atoms with E-state index in [0.29, 0.717) is 0 Å². The summed E-state index contributed by atoms with van der Waals surface area (Å²) in [4.78, 5) is 11.4. The molecule has 0 aliphatic carbocycles. The molecule has 82 valence electrons. The predicted molar refractivity (Wildman–Crippen MR) is 60.9 cm³/mol. The van der Waals surface area contributed by atoms with Gasteiger partial charge in [-0.15, -0.1) is 0 Å². The number of carboxylic acid groups (broad SMARTS) is 1. The molecule has 0 aliphatic rings. The standard InChI is InChI=1S/C13H18O2/c1-4-10(2)13(3,12(14)15)11-8-6-5-7-9-11/h5-10H,4H2,1-3H3,(H,14,15). The van der Waals surface area contributed by atoms with Crippen molar-refractivity contribution in [2.24, 2.45) is 5.92 Å². The Balaban J connectivity index is 3.19. The minimum Gasteiger partial charge on any atom is -0.481 e. The quantitative estimate of drug-likeness (QED) is 0.822. The van der Waals surface area contributed by atoms with E-state index in [2.05, 4.69) is 0 Å². The second-order valence-corrected chi connectivity index (χ2v) is 4.18. The van der Waals surface area contributed by atoms with Gasteiger partial charge in [0.1, 0.15) is 0 Å². The van der Waals surface area contributed by atoms with Gasteiger partial charge in [-0.05, 0) is 18.4 Å². The predicted octanol–water partition coefficient (Wildman–Crippen LogP) is 3.08. The normalized spacial score (nSPS) is 16.7. The summed E-state index contributed by atoms with van der Waals surface area (Å²) in [6, 6.07) is 9.46. The highest BCUT2D eigenvalue weighted by atomic mass is 16.4. The molecule has 0 amide bonds. The Bertz CT molecular complexity index is 332. The highest BCUT2D eigenvalue weighted by Gasteiger charge is 2.39. The monoisotopic (exact) mass is 206 g/mol. The van der Waals surface area contributed by atoms with Crippen LogP contribution >= 0.6 is 0 Å².